The first kappa shape index (κ1) is 19.2. The molecule has 2 amide bonds. The largest absolute Gasteiger partial charge is 0.465 e. The van der Waals surface area contributed by atoms with E-state index >= 15 is 0 Å². The molecule has 144 valence electrons. The number of hydrogen-bond donors (Lipinski definition) is 2. The van der Waals surface area contributed by atoms with E-state index in [1.165, 1.54) is 11.3 Å². The van der Waals surface area contributed by atoms with Crippen LogP contribution in [0.1, 0.15) is 66.1 Å². The maximum absolute atomic E-state index is 12.6. The average Bonchev–Trinajstić information content (AvgIpc) is 3.19. The molecule has 1 saturated carbocycles. The zero-order chi connectivity index (χ0) is 19.1. The Morgan fingerprint density at radius 2 is 1.96 bits per heavy atom. The summed E-state index contributed by atoms with van der Waals surface area (Å²) in [6, 6.07) is 2.13. The van der Waals surface area contributed by atoms with Crippen LogP contribution in [0.5, 0.6) is 0 Å². The molecule has 2 N–H and O–H groups in total. The first-order chi connectivity index (χ1) is 12.2. The van der Waals surface area contributed by atoms with Crippen molar-refractivity contribution in [2.24, 2.45) is 0 Å². The van der Waals surface area contributed by atoms with Gasteiger partial charge in [-0.3, -0.25) is 9.69 Å². The highest BCUT2D eigenvalue weighted by atomic mass is 32.1. The minimum atomic E-state index is -0.879. The lowest BCUT2D eigenvalue weighted by Crippen LogP contribution is -2.46. The molecule has 2 aliphatic rings. The standard InChI is InChI=1S/C19H28N2O4S/c1-11-13(14-9-15(14)21(18(23)24)19(2,3)4)10-16(26-11)17(22)20-12-5-7-25-8-6-12/h10,12,14-15H,5-9H2,1-4H3,(H,20,22)(H,23,24)/t14-,15+/m0/s1. The molecule has 26 heavy (non-hydrogen) atoms. The summed E-state index contributed by atoms with van der Waals surface area (Å²) < 4.78 is 5.33. The molecule has 0 bridgehead atoms. The van der Waals surface area contributed by atoms with Gasteiger partial charge in [0.05, 0.1) is 4.88 Å². The smallest absolute Gasteiger partial charge is 0.408 e. The van der Waals surface area contributed by atoms with Gasteiger partial charge >= 0.3 is 6.09 Å². The summed E-state index contributed by atoms with van der Waals surface area (Å²) in [4.78, 5) is 27.6. The summed E-state index contributed by atoms with van der Waals surface area (Å²) in [5.74, 6) is 0.158. The molecule has 2 atom stereocenters. The number of thiophene rings is 1. The average molecular weight is 381 g/mol. The van der Waals surface area contributed by atoms with Crippen molar-refractivity contribution < 1.29 is 19.4 Å². The van der Waals surface area contributed by atoms with Gasteiger partial charge in [-0.15, -0.1) is 11.3 Å². The normalized spacial score (nSPS) is 23.5. The molecule has 0 aromatic carbocycles. The molecule has 6 nitrogen and oxygen atoms in total. The molecule has 1 aromatic heterocycles. The van der Waals surface area contributed by atoms with Crippen LogP contribution in [0.2, 0.25) is 0 Å². The van der Waals surface area contributed by atoms with Gasteiger partial charge in [0.25, 0.3) is 5.91 Å². The molecule has 0 spiro atoms. The number of ether oxygens (including phenoxy) is 1. The van der Waals surface area contributed by atoms with Crippen molar-refractivity contribution in [1.82, 2.24) is 10.2 Å². The minimum Gasteiger partial charge on any atom is -0.465 e. The number of nitrogens with one attached hydrogen (secondary N) is 1. The fourth-order valence-electron chi connectivity index (χ4n) is 3.80. The van der Waals surface area contributed by atoms with Crippen molar-refractivity contribution in [3.8, 4) is 0 Å². The van der Waals surface area contributed by atoms with Crippen molar-refractivity contribution in [1.29, 1.82) is 0 Å². The van der Waals surface area contributed by atoms with E-state index in [0.717, 1.165) is 29.7 Å². The SMILES string of the molecule is Cc1sc(C(=O)NC2CCOCC2)cc1[C@@H]1C[C@H]1N(C(=O)O)C(C)(C)C. The van der Waals surface area contributed by atoms with Crippen molar-refractivity contribution in [2.75, 3.05) is 13.2 Å². The Morgan fingerprint density at radius 3 is 2.54 bits per heavy atom. The molecular weight excluding hydrogens is 352 g/mol. The zero-order valence-electron chi connectivity index (χ0n) is 15.9. The van der Waals surface area contributed by atoms with Crippen LogP contribution in [0.25, 0.3) is 0 Å². The van der Waals surface area contributed by atoms with Gasteiger partial charge in [0, 0.05) is 41.6 Å². The number of hydrogen-bond acceptors (Lipinski definition) is 4. The van der Waals surface area contributed by atoms with Gasteiger partial charge in [-0.25, -0.2) is 4.79 Å². The quantitative estimate of drug-likeness (QED) is 0.836. The van der Waals surface area contributed by atoms with Crippen molar-refractivity contribution in [2.45, 2.75) is 70.5 Å². The number of rotatable bonds is 4. The molecule has 1 aliphatic carbocycles. The molecule has 1 aliphatic heterocycles. The number of amides is 2. The Bertz CT molecular complexity index is 688. The highest BCUT2D eigenvalue weighted by Crippen LogP contribution is 2.49. The number of aryl methyl sites for hydroxylation is 1. The van der Waals surface area contributed by atoms with Gasteiger partial charge in [-0.05, 0) is 58.6 Å². The Kier molecular flexibility index (Phi) is 5.30. The lowest BCUT2D eigenvalue weighted by Gasteiger charge is -2.33. The summed E-state index contributed by atoms with van der Waals surface area (Å²) in [6.07, 6.45) is 1.65. The molecule has 3 rings (SSSR count). The fraction of sp³-hybridized carbons (Fsp3) is 0.684. The van der Waals surface area contributed by atoms with Crippen molar-refractivity contribution >= 4 is 23.3 Å². The summed E-state index contributed by atoms with van der Waals surface area (Å²) in [5, 5.41) is 12.7. The number of nitrogens with zero attached hydrogens (tertiary/aromatic N) is 1. The molecule has 1 saturated heterocycles. The Morgan fingerprint density at radius 1 is 1.31 bits per heavy atom. The molecule has 2 heterocycles. The van der Waals surface area contributed by atoms with Crippen LogP contribution in [-0.4, -0.2) is 52.8 Å². The zero-order valence-corrected chi connectivity index (χ0v) is 16.7. The van der Waals surface area contributed by atoms with Gasteiger partial charge < -0.3 is 15.2 Å². The summed E-state index contributed by atoms with van der Waals surface area (Å²) >= 11 is 1.50. The number of carboxylic acid groups (broad SMARTS) is 1. The second kappa shape index (κ2) is 7.19. The third kappa shape index (κ3) is 4.04. The van der Waals surface area contributed by atoms with E-state index in [0.29, 0.717) is 18.1 Å². The predicted molar refractivity (Wildman–Crippen MR) is 101 cm³/mol. The fourth-order valence-corrected chi connectivity index (χ4v) is 4.80. The van der Waals surface area contributed by atoms with Gasteiger partial charge in [0.1, 0.15) is 0 Å². The van der Waals surface area contributed by atoms with Crippen LogP contribution >= 0.6 is 11.3 Å². The van der Waals surface area contributed by atoms with E-state index in [2.05, 4.69) is 5.32 Å². The monoisotopic (exact) mass is 380 g/mol. The molecular formula is C19H28N2O4S. The first-order valence-corrected chi connectivity index (χ1v) is 10.0. The lowest BCUT2D eigenvalue weighted by molar-refractivity contribution is 0.0698. The number of carbonyl (C=O) groups is 2. The second-order valence-electron chi connectivity index (χ2n) is 8.22. The van der Waals surface area contributed by atoms with Crippen molar-refractivity contribution in [3.05, 3.63) is 21.4 Å². The maximum atomic E-state index is 12.6. The second-order valence-corrected chi connectivity index (χ2v) is 9.47. The van der Waals surface area contributed by atoms with Gasteiger partial charge in [0.2, 0.25) is 0 Å². The summed E-state index contributed by atoms with van der Waals surface area (Å²) in [6.45, 7) is 9.17. The predicted octanol–water partition coefficient (Wildman–Crippen LogP) is 3.60. The molecule has 1 aromatic rings. The van der Waals surface area contributed by atoms with E-state index in [1.54, 1.807) is 4.90 Å². The van der Waals surface area contributed by atoms with E-state index in [-0.39, 0.29) is 23.9 Å². The summed E-state index contributed by atoms with van der Waals surface area (Å²) in [5.41, 5.74) is 0.686. The molecule has 2 fully saturated rings. The van der Waals surface area contributed by atoms with E-state index in [1.807, 2.05) is 33.8 Å². The van der Waals surface area contributed by atoms with Gasteiger partial charge in [-0.2, -0.15) is 0 Å². The van der Waals surface area contributed by atoms with Gasteiger partial charge in [-0.1, -0.05) is 0 Å². The lowest BCUT2D eigenvalue weighted by atomic mass is 10.1. The first-order valence-electron chi connectivity index (χ1n) is 9.19. The Balaban J connectivity index is 1.69. The summed E-state index contributed by atoms with van der Waals surface area (Å²) in [7, 11) is 0. The van der Waals surface area contributed by atoms with E-state index in [4.69, 9.17) is 4.74 Å². The van der Waals surface area contributed by atoms with Crippen LogP contribution in [0.3, 0.4) is 0 Å². The van der Waals surface area contributed by atoms with Crippen LogP contribution < -0.4 is 5.32 Å². The molecule has 0 unspecified atom stereocenters. The maximum Gasteiger partial charge on any atom is 0.408 e. The van der Waals surface area contributed by atoms with Crippen LogP contribution in [-0.2, 0) is 4.74 Å². The highest BCUT2D eigenvalue weighted by Gasteiger charge is 2.49. The van der Waals surface area contributed by atoms with Gasteiger partial charge in [0.15, 0.2) is 0 Å². The Labute approximate surface area is 158 Å². The minimum absolute atomic E-state index is 0.00722. The highest BCUT2D eigenvalue weighted by molar-refractivity contribution is 7.14. The third-order valence-corrected chi connectivity index (χ3v) is 6.22. The van der Waals surface area contributed by atoms with E-state index in [9.17, 15) is 14.7 Å². The molecule has 0 radical (unpaired) electrons. The number of carbonyl (C=O) groups excluding carboxylic acids is 1. The van der Waals surface area contributed by atoms with Crippen LogP contribution in [0.15, 0.2) is 6.07 Å². The van der Waals surface area contributed by atoms with Crippen LogP contribution in [0.4, 0.5) is 4.79 Å². The topological polar surface area (TPSA) is 78.9 Å². The van der Waals surface area contributed by atoms with E-state index < -0.39 is 11.6 Å². The Hall–Kier alpha value is -1.60. The molecule has 7 heteroatoms. The third-order valence-electron chi connectivity index (χ3n) is 5.15. The van der Waals surface area contributed by atoms with Crippen LogP contribution in [0, 0.1) is 6.92 Å². The van der Waals surface area contributed by atoms with Crippen molar-refractivity contribution in [3.63, 3.8) is 0 Å².